The van der Waals surface area contributed by atoms with Crippen LogP contribution in [0.15, 0.2) is 18.2 Å². The minimum atomic E-state index is -1.14. The molecule has 3 atom stereocenters. The van der Waals surface area contributed by atoms with Gasteiger partial charge in [-0.25, -0.2) is 14.0 Å². The molecule has 0 spiro atoms. The monoisotopic (exact) mass is 540 g/mol. The number of carboxylic acid groups (broad SMARTS) is 1. The number of benzene rings is 1. The van der Waals surface area contributed by atoms with Gasteiger partial charge >= 0.3 is 12.1 Å². The molecule has 4 N–H and O–H groups in total. The molecule has 3 rings (SSSR count). The molecule has 1 saturated carbocycles. The second-order valence-electron chi connectivity index (χ2n) is 10.3. The van der Waals surface area contributed by atoms with Crippen molar-refractivity contribution >= 4 is 23.7 Å². The summed E-state index contributed by atoms with van der Waals surface area (Å²) in [6, 6.07) is 4.76. The molecule has 1 heterocycles. The largest absolute Gasteiger partial charge is 0.465 e. The van der Waals surface area contributed by atoms with Gasteiger partial charge in [-0.2, -0.15) is 0 Å². The quantitative estimate of drug-likeness (QED) is 0.229. The highest BCUT2D eigenvalue weighted by molar-refractivity contribution is 6.30. The topological polar surface area (TPSA) is 103 Å². The van der Waals surface area contributed by atoms with Crippen molar-refractivity contribution in [2.45, 2.75) is 69.9 Å². The molecule has 8 nitrogen and oxygen atoms in total. The fourth-order valence-electron chi connectivity index (χ4n) is 5.71. The van der Waals surface area contributed by atoms with E-state index in [4.69, 9.17) is 21.4 Å². The van der Waals surface area contributed by atoms with Gasteiger partial charge in [0.2, 0.25) is 0 Å². The van der Waals surface area contributed by atoms with Crippen molar-refractivity contribution in [1.82, 2.24) is 20.9 Å². The van der Waals surface area contributed by atoms with Crippen molar-refractivity contribution in [3.05, 3.63) is 34.6 Å². The van der Waals surface area contributed by atoms with Gasteiger partial charge < -0.3 is 30.7 Å². The minimum absolute atomic E-state index is 0.00795. The maximum Gasteiger partial charge on any atom is 0.404 e. The van der Waals surface area contributed by atoms with Gasteiger partial charge in [-0.15, -0.1) is 0 Å². The highest BCUT2D eigenvalue weighted by Crippen LogP contribution is 2.36. The maximum absolute atomic E-state index is 15.0. The molecule has 208 valence electrons. The second kappa shape index (κ2) is 15.3. The normalized spacial score (nSPS) is 20.6. The number of likely N-dealkylation sites (tertiary alicyclic amines) is 1. The van der Waals surface area contributed by atoms with E-state index in [2.05, 4.69) is 16.0 Å². The maximum atomic E-state index is 15.0. The third-order valence-electron chi connectivity index (χ3n) is 7.51. The molecule has 1 aliphatic carbocycles. The van der Waals surface area contributed by atoms with Gasteiger partial charge in [0.1, 0.15) is 5.82 Å². The fraction of sp³-hybridized carbons (Fsp3) is 0.704. The van der Waals surface area contributed by atoms with Gasteiger partial charge in [-0.1, -0.05) is 62.3 Å². The Bertz CT molecular complexity index is 869. The molecule has 37 heavy (non-hydrogen) atoms. The summed E-state index contributed by atoms with van der Waals surface area (Å²) >= 11 is 6.05. The molecule has 2 aliphatic rings. The van der Waals surface area contributed by atoms with Gasteiger partial charge in [0, 0.05) is 43.7 Å². The van der Waals surface area contributed by atoms with Crippen LogP contribution in [0.3, 0.4) is 0 Å². The Kier molecular flexibility index (Phi) is 12.2. The van der Waals surface area contributed by atoms with Gasteiger partial charge in [0.15, 0.2) is 0 Å². The van der Waals surface area contributed by atoms with Crippen LogP contribution in [0.1, 0.15) is 69.5 Å². The average molecular weight is 541 g/mol. The van der Waals surface area contributed by atoms with E-state index in [1.807, 2.05) is 7.05 Å². The average Bonchev–Trinajstić information content (AvgIpc) is 3.15. The summed E-state index contributed by atoms with van der Waals surface area (Å²) in [5.74, 6) is -0.0560. The van der Waals surface area contributed by atoms with Crippen molar-refractivity contribution < 1.29 is 23.8 Å². The lowest BCUT2D eigenvalue weighted by Gasteiger charge is -2.38. The van der Waals surface area contributed by atoms with Gasteiger partial charge in [0.05, 0.1) is 17.7 Å². The third-order valence-corrected chi connectivity index (χ3v) is 7.80. The molecule has 1 aliphatic heterocycles. The first kappa shape index (κ1) is 29.5. The summed E-state index contributed by atoms with van der Waals surface area (Å²) in [5.41, 5.74) is 0.330. The summed E-state index contributed by atoms with van der Waals surface area (Å²) in [4.78, 5) is 25.9. The van der Waals surface area contributed by atoms with Crippen LogP contribution >= 0.6 is 11.6 Å². The molecule has 1 aromatic carbocycles. The Morgan fingerprint density at radius 1 is 1.19 bits per heavy atom. The van der Waals surface area contributed by atoms with Crippen LogP contribution in [0.5, 0.6) is 0 Å². The molecule has 2 fully saturated rings. The van der Waals surface area contributed by atoms with E-state index in [9.17, 15) is 14.0 Å². The number of rotatable bonds is 11. The SMILES string of the molecule is CNCC(CC1CCCCCC1)NC(=O)N1CCCC(C(OCCNC(=O)O)c2cccc(Cl)c2F)C1. The zero-order chi connectivity index (χ0) is 26.6. The Hall–Kier alpha value is -2.10. The number of carbonyl (C=O) groups excluding carboxylic acids is 1. The smallest absolute Gasteiger partial charge is 0.404 e. The van der Waals surface area contributed by atoms with Crippen LogP contribution in [0.25, 0.3) is 0 Å². The molecular weight excluding hydrogens is 499 g/mol. The molecule has 0 aromatic heterocycles. The lowest BCUT2D eigenvalue weighted by molar-refractivity contribution is -0.0104. The number of amides is 3. The van der Waals surface area contributed by atoms with Crippen LogP contribution in [-0.2, 0) is 4.74 Å². The lowest BCUT2D eigenvalue weighted by atomic mass is 9.88. The third kappa shape index (κ3) is 9.30. The van der Waals surface area contributed by atoms with E-state index in [0.29, 0.717) is 24.6 Å². The first-order chi connectivity index (χ1) is 17.9. The second-order valence-corrected chi connectivity index (χ2v) is 10.7. The van der Waals surface area contributed by atoms with E-state index in [-0.39, 0.29) is 36.2 Å². The molecule has 3 unspecified atom stereocenters. The van der Waals surface area contributed by atoms with Crippen molar-refractivity contribution in [1.29, 1.82) is 0 Å². The first-order valence-electron chi connectivity index (χ1n) is 13.6. The lowest BCUT2D eigenvalue weighted by Crippen LogP contribution is -2.52. The number of carbonyl (C=O) groups is 2. The standard InChI is InChI=1S/C27H42ClFN4O4/c1-30-17-21(16-19-8-4-2-3-5-9-19)32-26(34)33-14-7-10-20(18-33)25(37-15-13-31-27(35)36)22-11-6-12-23(28)24(22)29/h6,11-12,19-21,25,30-31H,2-5,7-10,13-18H2,1H3,(H,32,34)(H,35,36). The molecular formula is C27H42ClFN4O4. The van der Waals surface area contributed by atoms with Gasteiger partial charge in [-0.05, 0) is 38.3 Å². The zero-order valence-electron chi connectivity index (χ0n) is 21.8. The van der Waals surface area contributed by atoms with E-state index >= 15 is 0 Å². The summed E-state index contributed by atoms with van der Waals surface area (Å²) in [5, 5.41) is 17.6. The number of ether oxygens (including phenoxy) is 1. The van der Waals surface area contributed by atoms with E-state index in [1.165, 1.54) is 44.6 Å². The minimum Gasteiger partial charge on any atom is -0.465 e. The Labute approximate surface area is 224 Å². The van der Waals surface area contributed by atoms with E-state index in [1.54, 1.807) is 17.0 Å². The summed E-state index contributed by atoms with van der Waals surface area (Å²) < 4.78 is 21.0. The van der Waals surface area contributed by atoms with Crippen LogP contribution < -0.4 is 16.0 Å². The predicted octanol–water partition coefficient (Wildman–Crippen LogP) is 5.17. The number of hydrogen-bond acceptors (Lipinski definition) is 4. The Morgan fingerprint density at radius 3 is 2.65 bits per heavy atom. The number of nitrogens with one attached hydrogen (secondary N) is 3. The number of hydrogen-bond donors (Lipinski definition) is 4. The summed E-state index contributed by atoms with van der Waals surface area (Å²) in [6.07, 6.45) is 8.30. The van der Waals surface area contributed by atoms with E-state index in [0.717, 1.165) is 25.8 Å². The van der Waals surface area contributed by atoms with Gasteiger partial charge in [-0.3, -0.25) is 0 Å². The highest BCUT2D eigenvalue weighted by atomic mass is 35.5. The van der Waals surface area contributed by atoms with Crippen LogP contribution in [0, 0.1) is 17.7 Å². The molecule has 3 amide bonds. The predicted molar refractivity (Wildman–Crippen MR) is 142 cm³/mol. The Balaban J connectivity index is 1.66. The van der Waals surface area contributed by atoms with Crippen LogP contribution in [0.4, 0.5) is 14.0 Å². The highest BCUT2D eigenvalue weighted by Gasteiger charge is 2.33. The number of nitrogens with zero attached hydrogens (tertiary/aromatic N) is 1. The molecule has 0 radical (unpaired) electrons. The summed E-state index contributed by atoms with van der Waals surface area (Å²) in [7, 11) is 1.91. The number of likely N-dealkylation sites (N-methyl/N-ethyl adjacent to an activating group) is 1. The van der Waals surface area contributed by atoms with Crippen molar-refractivity contribution in [3.8, 4) is 0 Å². The molecule has 0 bridgehead atoms. The molecule has 10 heteroatoms. The number of urea groups is 1. The summed E-state index contributed by atoms with van der Waals surface area (Å²) in [6.45, 7) is 1.93. The van der Waals surface area contributed by atoms with E-state index < -0.39 is 18.0 Å². The Morgan fingerprint density at radius 2 is 1.95 bits per heavy atom. The zero-order valence-corrected chi connectivity index (χ0v) is 22.6. The van der Waals surface area contributed by atoms with Crippen LogP contribution in [0.2, 0.25) is 5.02 Å². The van der Waals surface area contributed by atoms with Crippen LogP contribution in [-0.4, -0.2) is 68.0 Å². The number of halogens is 2. The molecule has 1 saturated heterocycles. The fourth-order valence-corrected chi connectivity index (χ4v) is 5.89. The number of piperidine rings is 1. The van der Waals surface area contributed by atoms with Crippen molar-refractivity contribution in [2.75, 3.05) is 39.8 Å². The van der Waals surface area contributed by atoms with Crippen molar-refractivity contribution in [2.24, 2.45) is 11.8 Å². The first-order valence-corrected chi connectivity index (χ1v) is 14.0. The van der Waals surface area contributed by atoms with Crippen molar-refractivity contribution in [3.63, 3.8) is 0 Å². The molecule has 1 aromatic rings. The van der Waals surface area contributed by atoms with Gasteiger partial charge in [0.25, 0.3) is 0 Å².